The van der Waals surface area contributed by atoms with Crippen molar-refractivity contribution in [1.29, 1.82) is 0 Å². The van der Waals surface area contributed by atoms with Gasteiger partial charge in [-0.3, -0.25) is 14.4 Å². The second-order valence-electron chi connectivity index (χ2n) is 12.6. The average Bonchev–Trinajstić information content (AvgIpc) is 3.44. The summed E-state index contributed by atoms with van der Waals surface area (Å²) in [6.45, 7) is 8.26. The molecule has 0 aromatic heterocycles. The Morgan fingerprint density at radius 1 is 0.898 bits per heavy atom. The minimum Gasteiger partial charge on any atom is -0.480 e. The van der Waals surface area contributed by atoms with Crippen LogP contribution in [0.4, 0.5) is 0 Å². The molecular weight excluding hydrogens is 695 g/mol. The summed E-state index contributed by atoms with van der Waals surface area (Å²) in [5.74, 6) is -3.52. The third-order valence-corrected chi connectivity index (χ3v) is 10.6. The Hall–Kier alpha value is -3.97. The number of carbonyl (C=O) groups is 4. The molecule has 0 radical (unpaired) electrons. The van der Waals surface area contributed by atoms with E-state index in [9.17, 15) is 32.7 Å². The molecule has 49 heavy (non-hydrogen) atoms. The molecule has 262 valence electrons. The number of esters is 2. The van der Waals surface area contributed by atoms with Crippen LogP contribution < -0.4 is 14.8 Å². The first-order valence-corrected chi connectivity index (χ1v) is 17.8. The maximum atomic E-state index is 13.7. The Morgan fingerprint density at radius 2 is 1.43 bits per heavy atom. The molecular formula is C35H38Cl2N2O9S. The van der Waals surface area contributed by atoms with Crippen LogP contribution in [0.3, 0.4) is 0 Å². The normalized spacial score (nSPS) is 17.2. The second-order valence-corrected chi connectivity index (χ2v) is 15.3. The quantitative estimate of drug-likeness (QED) is 0.165. The largest absolute Gasteiger partial charge is 0.480 e. The van der Waals surface area contributed by atoms with Gasteiger partial charge >= 0.3 is 17.9 Å². The number of hydrogen-bond donors (Lipinski definition) is 2. The highest BCUT2D eigenvalue weighted by molar-refractivity contribution is 7.89. The highest BCUT2D eigenvalue weighted by atomic mass is 35.5. The Bertz CT molecular complexity index is 1800. The molecule has 4 rings (SSSR count). The third-order valence-electron chi connectivity index (χ3n) is 8.13. The fourth-order valence-corrected chi connectivity index (χ4v) is 7.87. The van der Waals surface area contributed by atoms with Crippen molar-refractivity contribution in [2.45, 2.75) is 70.4 Å². The standard InChI is InChI=1S/C35H38Cl2N2O9S/c1-20(2)32(42)47-28-8-6-9-29(48-33(43)21(3)4)30(28)23-12-10-22(11-13-23)16-27(31(40)41)38-34(44)35(5)14-7-15-39(35)49(45,46)26-18-24(36)17-25(37)19-26/h6,8-13,17-21,27H,7,14-16H2,1-5H3,(H,38,44)(H,40,41)/t27-,35-/m0/s1. The number of carboxylic acids is 1. The second kappa shape index (κ2) is 15.3. The zero-order valence-corrected chi connectivity index (χ0v) is 30.0. The molecule has 14 heteroatoms. The van der Waals surface area contributed by atoms with Crippen LogP contribution in [-0.4, -0.2) is 59.8 Å². The predicted molar refractivity (Wildman–Crippen MR) is 184 cm³/mol. The number of hydrogen-bond acceptors (Lipinski definition) is 8. The van der Waals surface area contributed by atoms with E-state index >= 15 is 0 Å². The first kappa shape index (κ1) is 37.8. The molecule has 1 heterocycles. The summed E-state index contributed by atoms with van der Waals surface area (Å²) in [5, 5.41) is 12.8. The van der Waals surface area contributed by atoms with Crippen LogP contribution in [0, 0.1) is 11.8 Å². The lowest BCUT2D eigenvalue weighted by atomic mass is 9.96. The van der Waals surface area contributed by atoms with E-state index in [1.54, 1.807) is 70.2 Å². The molecule has 1 fully saturated rings. The van der Waals surface area contributed by atoms with Gasteiger partial charge < -0.3 is 19.9 Å². The highest BCUT2D eigenvalue weighted by Gasteiger charge is 2.50. The van der Waals surface area contributed by atoms with Gasteiger partial charge in [-0.05, 0) is 61.2 Å². The van der Waals surface area contributed by atoms with Gasteiger partial charge in [0, 0.05) is 23.0 Å². The molecule has 11 nitrogen and oxygen atoms in total. The summed E-state index contributed by atoms with van der Waals surface area (Å²) in [7, 11) is -4.22. The van der Waals surface area contributed by atoms with Crippen molar-refractivity contribution >= 4 is 57.0 Å². The van der Waals surface area contributed by atoms with Crippen molar-refractivity contribution < 1.29 is 42.2 Å². The fraction of sp³-hybridized carbons (Fsp3) is 0.371. The number of nitrogens with zero attached hydrogens (tertiary/aromatic N) is 1. The molecule has 0 unspecified atom stereocenters. The minimum absolute atomic E-state index is 0.0397. The van der Waals surface area contributed by atoms with Gasteiger partial charge in [0.05, 0.1) is 22.3 Å². The van der Waals surface area contributed by atoms with Crippen LogP contribution in [0.5, 0.6) is 11.5 Å². The van der Waals surface area contributed by atoms with Gasteiger partial charge in [0.15, 0.2) is 0 Å². The molecule has 1 aliphatic heterocycles. The monoisotopic (exact) mass is 732 g/mol. The highest BCUT2D eigenvalue weighted by Crippen LogP contribution is 2.40. The Kier molecular flexibility index (Phi) is 11.8. The summed E-state index contributed by atoms with van der Waals surface area (Å²) in [6.07, 6.45) is 0.407. The van der Waals surface area contributed by atoms with Crippen molar-refractivity contribution in [2.24, 2.45) is 11.8 Å². The molecule has 3 aromatic rings. The van der Waals surface area contributed by atoms with Crippen LogP contribution in [0.15, 0.2) is 65.6 Å². The van der Waals surface area contributed by atoms with E-state index in [-0.39, 0.29) is 45.8 Å². The Morgan fingerprint density at radius 3 is 1.92 bits per heavy atom. The topological polar surface area (TPSA) is 156 Å². The average molecular weight is 734 g/mol. The van der Waals surface area contributed by atoms with E-state index < -0.39 is 57.3 Å². The number of carbonyl (C=O) groups excluding carboxylic acids is 3. The van der Waals surface area contributed by atoms with Crippen LogP contribution >= 0.6 is 23.2 Å². The number of amides is 1. The number of carboxylic acid groups (broad SMARTS) is 1. The SMILES string of the molecule is CC(C)C(=O)Oc1cccc(OC(=O)C(C)C)c1-c1ccc(C[C@H](NC(=O)[C@]2(C)CCCN2S(=O)(=O)c2cc(Cl)cc(Cl)c2)C(=O)O)cc1. The smallest absolute Gasteiger partial charge is 0.326 e. The van der Waals surface area contributed by atoms with Crippen molar-refractivity contribution in [1.82, 2.24) is 9.62 Å². The molecule has 0 bridgehead atoms. The molecule has 1 amide bonds. The maximum absolute atomic E-state index is 13.7. The predicted octanol–water partition coefficient (Wildman–Crippen LogP) is 6.14. The van der Waals surface area contributed by atoms with Gasteiger partial charge in [-0.2, -0.15) is 4.31 Å². The van der Waals surface area contributed by atoms with E-state index in [0.29, 0.717) is 23.1 Å². The summed E-state index contributed by atoms with van der Waals surface area (Å²) in [6, 6.07) is 13.9. The zero-order valence-electron chi connectivity index (χ0n) is 27.7. The van der Waals surface area contributed by atoms with Crippen LogP contribution in [0.25, 0.3) is 11.1 Å². The van der Waals surface area contributed by atoms with Crippen LogP contribution in [0.1, 0.15) is 53.0 Å². The van der Waals surface area contributed by atoms with E-state index in [4.69, 9.17) is 32.7 Å². The lowest BCUT2D eigenvalue weighted by molar-refractivity contribution is -0.143. The molecule has 1 saturated heterocycles. The minimum atomic E-state index is -4.22. The Balaban J connectivity index is 1.59. The zero-order chi connectivity index (χ0) is 36.3. The van der Waals surface area contributed by atoms with Crippen molar-refractivity contribution in [3.63, 3.8) is 0 Å². The van der Waals surface area contributed by atoms with Gasteiger partial charge in [0.1, 0.15) is 23.1 Å². The van der Waals surface area contributed by atoms with Crippen molar-refractivity contribution in [2.75, 3.05) is 6.54 Å². The van der Waals surface area contributed by atoms with Crippen molar-refractivity contribution in [3.8, 4) is 22.6 Å². The fourth-order valence-electron chi connectivity index (χ4n) is 5.33. The van der Waals surface area contributed by atoms with Crippen molar-refractivity contribution in [3.05, 3.63) is 76.3 Å². The maximum Gasteiger partial charge on any atom is 0.326 e. The number of halogens is 2. The van der Waals surface area contributed by atoms with Crippen LogP contribution in [0.2, 0.25) is 10.0 Å². The molecule has 0 saturated carbocycles. The van der Waals surface area contributed by atoms with E-state index in [1.165, 1.54) is 25.1 Å². The summed E-state index contributed by atoms with van der Waals surface area (Å²) in [5.41, 5.74) is -0.162. The number of sulfonamides is 1. The molecule has 0 spiro atoms. The number of aliphatic carboxylic acids is 1. The summed E-state index contributed by atoms with van der Waals surface area (Å²) < 4.78 is 39.5. The van der Waals surface area contributed by atoms with E-state index in [0.717, 1.165) is 4.31 Å². The van der Waals surface area contributed by atoms with E-state index in [1.807, 2.05) is 0 Å². The number of nitrogens with one attached hydrogen (secondary N) is 1. The first-order valence-electron chi connectivity index (χ1n) is 15.6. The number of ether oxygens (including phenoxy) is 2. The van der Waals surface area contributed by atoms with Crippen LogP contribution in [-0.2, 0) is 35.6 Å². The summed E-state index contributed by atoms with van der Waals surface area (Å²) in [4.78, 5) is 50.8. The molecule has 3 aromatic carbocycles. The van der Waals surface area contributed by atoms with Gasteiger partial charge in [-0.25, -0.2) is 13.2 Å². The first-order chi connectivity index (χ1) is 22.9. The van der Waals surface area contributed by atoms with E-state index in [2.05, 4.69) is 5.32 Å². The number of benzene rings is 3. The molecule has 1 aliphatic rings. The summed E-state index contributed by atoms with van der Waals surface area (Å²) >= 11 is 12.1. The molecule has 0 aliphatic carbocycles. The van der Waals surface area contributed by atoms with Gasteiger partial charge in [-0.1, -0.05) is 81.2 Å². The lowest BCUT2D eigenvalue weighted by Gasteiger charge is -2.34. The molecule has 2 N–H and O–H groups in total. The lowest BCUT2D eigenvalue weighted by Crippen LogP contribution is -2.58. The number of rotatable bonds is 12. The van der Waals surface area contributed by atoms with Gasteiger partial charge in [0.2, 0.25) is 15.9 Å². The molecule has 2 atom stereocenters. The third kappa shape index (κ3) is 8.61. The Labute approximate surface area is 295 Å². The van der Waals surface area contributed by atoms with Gasteiger partial charge in [-0.15, -0.1) is 0 Å². The van der Waals surface area contributed by atoms with Gasteiger partial charge in [0.25, 0.3) is 0 Å².